The number of hydrogen-bond acceptors (Lipinski definition) is 2. The fraction of sp³-hybridized carbons (Fsp3) is 0.200. The first kappa shape index (κ1) is 15.1. The van der Waals surface area contributed by atoms with E-state index < -0.39 is 5.82 Å². The second-order valence-corrected chi connectivity index (χ2v) is 5.11. The van der Waals surface area contributed by atoms with Gasteiger partial charge in [0.1, 0.15) is 18.2 Å². The molecule has 0 aromatic heterocycles. The summed E-state index contributed by atoms with van der Waals surface area (Å²) < 4.78 is 18.8. The summed E-state index contributed by atoms with van der Waals surface area (Å²) in [6, 6.07) is 10.1. The first-order valence-corrected chi connectivity index (χ1v) is 6.86. The first-order chi connectivity index (χ1) is 9.61. The molecule has 0 atom stereocenters. The van der Waals surface area contributed by atoms with Crippen LogP contribution in [0.25, 0.3) is 0 Å². The molecule has 0 radical (unpaired) electrons. The molecular formula is C15H14Cl2FNO. The minimum absolute atomic E-state index is 0.0840. The highest BCUT2D eigenvalue weighted by molar-refractivity contribution is 6.32. The van der Waals surface area contributed by atoms with E-state index in [9.17, 15) is 4.39 Å². The minimum atomic E-state index is -0.441. The standard InChI is InChI=1S/C15H14Cl2FNO/c1-19-8-11-3-2-4-12(16)15(11)20-9-10-5-6-14(18)13(17)7-10/h2-7,19H,8-9H2,1H3. The van der Waals surface area contributed by atoms with E-state index in [-0.39, 0.29) is 11.6 Å². The molecular weight excluding hydrogens is 300 g/mol. The number of hydrogen-bond donors (Lipinski definition) is 1. The maximum atomic E-state index is 13.1. The van der Waals surface area contributed by atoms with Crippen molar-refractivity contribution in [2.75, 3.05) is 7.05 Å². The lowest BCUT2D eigenvalue weighted by atomic mass is 10.2. The zero-order chi connectivity index (χ0) is 14.5. The van der Waals surface area contributed by atoms with Crippen LogP contribution < -0.4 is 10.1 Å². The van der Waals surface area contributed by atoms with E-state index in [4.69, 9.17) is 27.9 Å². The first-order valence-electron chi connectivity index (χ1n) is 6.10. The Morgan fingerprint density at radius 2 is 1.95 bits per heavy atom. The molecule has 0 amide bonds. The second kappa shape index (κ2) is 6.93. The second-order valence-electron chi connectivity index (χ2n) is 4.30. The molecule has 20 heavy (non-hydrogen) atoms. The fourth-order valence-corrected chi connectivity index (χ4v) is 2.28. The summed E-state index contributed by atoms with van der Waals surface area (Å²) in [4.78, 5) is 0. The van der Waals surface area contributed by atoms with Gasteiger partial charge < -0.3 is 10.1 Å². The maximum absolute atomic E-state index is 13.1. The normalized spacial score (nSPS) is 10.6. The van der Waals surface area contributed by atoms with E-state index in [2.05, 4.69) is 5.32 Å². The van der Waals surface area contributed by atoms with Crippen molar-refractivity contribution >= 4 is 23.2 Å². The molecule has 0 heterocycles. The van der Waals surface area contributed by atoms with Crippen molar-refractivity contribution in [3.8, 4) is 5.75 Å². The van der Waals surface area contributed by atoms with Crippen molar-refractivity contribution in [3.05, 3.63) is 63.4 Å². The van der Waals surface area contributed by atoms with E-state index in [1.165, 1.54) is 6.07 Å². The number of ether oxygens (including phenoxy) is 1. The molecule has 1 N–H and O–H groups in total. The quantitative estimate of drug-likeness (QED) is 0.881. The van der Waals surface area contributed by atoms with Crippen LogP contribution in [0.5, 0.6) is 5.75 Å². The lowest BCUT2D eigenvalue weighted by Crippen LogP contribution is -2.08. The monoisotopic (exact) mass is 313 g/mol. The summed E-state index contributed by atoms with van der Waals surface area (Å²) in [6.45, 7) is 0.931. The smallest absolute Gasteiger partial charge is 0.142 e. The Labute approximate surface area is 127 Å². The van der Waals surface area contributed by atoms with Crippen LogP contribution in [-0.4, -0.2) is 7.05 Å². The predicted octanol–water partition coefficient (Wildman–Crippen LogP) is 4.43. The van der Waals surface area contributed by atoms with Crippen molar-refractivity contribution in [1.82, 2.24) is 5.32 Å². The lowest BCUT2D eigenvalue weighted by Gasteiger charge is -2.13. The van der Waals surface area contributed by atoms with Gasteiger partial charge in [-0.05, 0) is 30.8 Å². The number of nitrogens with one attached hydrogen (secondary N) is 1. The van der Waals surface area contributed by atoms with Crippen LogP contribution in [0.3, 0.4) is 0 Å². The summed E-state index contributed by atoms with van der Waals surface area (Å²) >= 11 is 11.9. The minimum Gasteiger partial charge on any atom is -0.487 e. The molecule has 0 bridgehead atoms. The Hall–Kier alpha value is -1.29. The van der Waals surface area contributed by atoms with E-state index in [1.807, 2.05) is 19.2 Å². The molecule has 0 fully saturated rings. The lowest BCUT2D eigenvalue weighted by molar-refractivity contribution is 0.302. The number of halogens is 3. The molecule has 2 rings (SSSR count). The summed E-state index contributed by atoms with van der Waals surface area (Å²) in [5.74, 6) is 0.188. The van der Waals surface area contributed by atoms with Crippen molar-refractivity contribution < 1.29 is 9.13 Å². The van der Waals surface area contributed by atoms with Crippen LogP contribution >= 0.6 is 23.2 Å². The van der Waals surface area contributed by atoms with Crippen molar-refractivity contribution in [1.29, 1.82) is 0 Å². The summed E-state index contributed by atoms with van der Waals surface area (Å²) in [5.41, 5.74) is 1.75. The predicted molar refractivity (Wildman–Crippen MR) is 80.0 cm³/mol. The molecule has 2 aromatic carbocycles. The highest BCUT2D eigenvalue weighted by Gasteiger charge is 2.09. The highest BCUT2D eigenvalue weighted by Crippen LogP contribution is 2.29. The van der Waals surface area contributed by atoms with Gasteiger partial charge in [0.25, 0.3) is 0 Å². The summed E-state index contributed by atoms with van der Waals surface area (Å²) in [6.07, 6.45) is 0. The molecule has 0 spiro atoms. The topological polar surface area (TPSA) is 21.3 Å². The molecule has 0 aliphatic rings. The highest BCUT2D eigenvalue weighted by atomic mass is 35.5. The van der Waals surface area contributed by atoms with Crippen LogP contribution in [-0.2, 0) is 13.2 Å². The fourth-order valence-electron chi connectivity index (χ4n) is 1.83. The van der Waals surface area contributed by atoms with E-state index in [0.29, 0.717) is 17.3 Å². The molecule has 0 aliphatic carbocycles. The Morgan fingerprint density at radius 3 is 2.65 bits per heavy atom. The van der Waals surface area contributed by atoms with Gasteiger partial charge in [-0.15, -0.1) is 0 Å². The summed E-state index contributed by atoms with van der Waals surface area (Å²) in [7, 11) is 1.85. The van der Waals surface area contributed by atoms with Crippen LogP contribution in [0.4, 0.5) is 4.39 Å². The SMILES string of the molecule is CNCc1cccc(Cl)c1OCc1ccc(F)c(Cl)c1. The maximum Gasteiger partial charge on any atom is 0.142 e. The third-order valence-corrected chi connectivity index (χ3v) is 3.37. The number of benzene rings is 2. The van der Waals surface area contributed by atoms with Crippen molar-refractivity contribution in [2.24, 2.45) is 0 Å². The van der Waals surface area contributed by atoms with Crippen LogP contribution in [0.1, 0.15) is 11.1 Å². The third-order valence-electron chi connectivity index (χ3n) is 2.78. The Bertz CT molecular complexity index is 604. The molecule has 0 saturated heterocycles. The van der Waals surface area contributed by atoms with Gasteiger partial charge in [-0.3, -0.25) is 0 Å². The van der Waals surface area contributed by atoms with Gasteiger partial charge in [-0.2, -0.15) is 0 Å². The van der Waals surface area contributed by atoms with Gasteiger partial charge >= 0.3 is 0 Å². The summed E-state index contributed by atoms with van der Waals surface area (Å²) in [5, 5.41) is 3.69. The molecule has 2 aromatic rings. The molecule has 2 nitrogen and oxygen atoms in total. The van der Waals surface area contributed by atoms with Crippen LogP contribution in [0, 0.1) is 5.82 Å². The molecule has 0 saturated carbocycles. The van der Waals surface area contributed by atoms with Gasteiger partial charge in [0.05, 0.1) is 10.0 Å². The number of rotatable bonds is 5. The van der Waals surface area contributed by atoms with Gasteiger partial charge in [-0.25, -0.2) is 4.39 Å². The average molecular weight is 314 g/mol. The van der Waals surface area contributed by atoms with E-state index >= 15 is 0 Å². The average Bonchev–Trinajstić information content (AvgIpc) is 2.42. The third kappa shape index (κ3) is 3.63. The Morgan fingerprint density at radius 1 is 1.15 bits per heavy atom. The Balaban J connectivity index is 2.15. The van der Waals surface area contributed by atoms with Crippen LogP contribution in [0.15, 0.2) is 36.4 Å². The molecule has 106 valence electrons. The van der Waals surface area contributed by atoms with Crippen molar-refractivity contribution in [2.45, 2.75) is 13.2 Å². The van der Waals surface area contributed by atoms with Crippen LogP contribution in [0.2, 0.25) is 10.0 Å². The molecule has 0 unspecified atom stereocenters. The zero-order valence-electron chi connectivity index (χ0n) is 10.9. The Kier molecular flexibility index (Phi) is 5.24. The van der Waals surface area contributed by atoms with Crippen molar-refractivity contribution in [3.63, 3.8) is 0 Å². The van der Waals surface area contributed by atoms with E-state index in [1.54, 1.807) is 18.2 Å². The number of para-hydroxylation sites is 1. The zero-order valence-corrected chi connectivity index (χ0v) is 12.4. The van der Waals surface area contributed by atoms with Gasteiger partial charge in [0, 0.05) is 12.1 Å². The van der Waals surface area contributed by atoms with Gasteiger partial charge in [0.2, 0.25) is 0 Å². The van der Waals surface area contributed by atoms with Gasteiger partial charge in [-0.1, -0.05) is 41.4 Å². The molecule has 5 heteroatoms. The molecule has 0 aliphatic heterocycles. The van der Waals surface area contributed by atoms with Gasteiger partial charge in [0.15, 0.2) is 0 Å². The largest absolute Gasteiger partial charge is 0.487 e. The van der Waals surface area contributed by atoms with E-state index in [0.717, 1.165) is 11.1 Å².